The van der Waals surface area contributed by atoms with E-state index >= 15 is 0 Å². The number of phosphoric acid groups is 1. The van der Waals surface area contributed by atoms with Gasteiger partial charge in [-0.1, -0.05) is 195 Å². The summed E-state index contributed by atoms with van der Waals surface area (Å²) in [4.78, 5) is 23.2. The summed E-state index contributed by atoms with van der Waals surface area (Å²) < 4.78 is 23.6. The molecule has 0 aromatic carbocycles. The maximum atomic E-state index is 12.9. The zero-order chi connectivity index (χ0) is 46.4. The first kappa shape index (κ1) is 60.7. The number of nitrogens with one attached hydrogen (secondary N) is 1. The molecule has 0 spiro atoms. The first-order chi connectivity index (χ1) is 30.5. The molecular formula is C54H98N2O6P+. The molecular weight excluding hydrogens is 804 g/mol. The lowest BCUT2D eigenvalue weighted by atomic mass is 10.1. The third-order valence-electron chi connectivity index (χ3n) is 10.8. The fraction of sp³-hybridized carbons (Fsp3) is 0.722. The zero-order valence-electron chi connectivity index (χ0n) is 41.3. The molecule has 0 aromatic rings. The summed E-state index contributed by atoms with van der Waals surface area (Å²) in [5, 5.41) is 13.9. The number of quaternary nitrogens is 1. The lowest BCUT2D eigenvalue weighted by Gasteiger charge is -2.25. The van der Waals surface area contributed by atoms with Gasteiger partial charge in [-0.25, -0.2) is 4.57 Å². The maximum absolute atomic E-state index is 12.9. The summed E-state index contributed by atoms with van der Waals surface area (Å²) >= 11 is 0. The Morgan fingerprint density at radius 1 is 0.556 bits per heavy atom. The van der Waals surface area contributed by atoms with Gasteiger partial charge in [0.25, 0.3) is 0 Å². The second-order valence-electron chi connectivity index (χ2n) is 18.1. The smallest absolute Gasteiger partial charge is 0.387 e. The highest BCUT2D eigenvalue weighted by atomic mass is 31.2. The van der Waals surface area contributed by atoms with Crippen LogP contribution >= 0.6 is 7.82 Å². The van der Waals surface area contributed by atoms with Crippen LogP contribution in [0.1, 0.15) is 200 Å². The topological polar surface area (TPSA) is 105 Å². The molecule has 3 N–H and O–H groups in total. The number of hydrogen-bond donors (Lipinski definition) is 3. The van der Waals surface area contributed by atoms with Crippen molar-refractivity contribution < 1.29 is 32.9 Å². The average molecular weight is 902 g/mol. The fourth-order valence-corrected chi connectivity index (χ4v) is 7.56. The number of phosphoric ester groups is 1. The maximum Gasteiger partial charge on any atom is 0.472 e. The number of carbonyl (C=O) groups is 1. The predicted octanol–water partition coefficient (Wildman–Crippen LogP) is 14.9. The molecule has 0 saturated carbocycles. The van der Waals surface area contributed by atoms with Gasteiger partial charge in [0.2, 0.25) is 5.91 Å². The van der Waals surface area contributed by atoms with Crippen LogP contribution in [0.3, 0.4) is 0 Å². The van der Waals surface area contributed by atoms with Crippen LogP contribution in [0.4, 0.5) is 0 Å². The van der Waals surface area contributed by atoms with Gasteiger partial charge >= 0.3 is 7.82 Å². The van der Waals surface area contributed by atoms with Crippen molar-refractivity contribution in [2.75, 3.05) is 40.9 Å². The molecule has 0 bridgehead atoms. The molecule has 0 aromatic heterocycles. The van der Waals surface area contributed by atoms with Gasteiger partial charge in [-0.3, -0.25) is 13.8 Å². The molecule has 8 nitrogen and oxygen atoms in total. The molecule has 0 aliphatic rings. The van der Waals surface area contributed by atoms with Crippen LogP contribution in [-0.2, 0) is 18.4 Å². The van der Waals surface area contributed by atoms with E-state index in [1.165, 1.54) is 96.3 Å². The Hall–Kier alpha value is -2.32. The van der Waals surface area contributed by atoms with E-state index in [0.717, 1.165) is 83.5 Å². The number of likely N-dealkylation sites (N-methyl/N-ethyl adjacent to an activating group) is 1. The Morgan fingerprint density at radius 2 is 0.968 bits per heavy atom. The lowest BCUT2D eigenvalue weighted by molar-refractivity contribution is -0.870. The van der Waals surface area contributed by atoms with E-state index in [2.05, 4.69) is 92.1 Å². The Morgan fingerprint density at radius 3 is 1.46 bits per heavy atom. The number of carbonyl (C=O) groups excluding carboxylic acids is 1. The van der Waals surface area contributed by atoms with E-state index in [1.54, 1.807) is 6.08 Å². The highest BCUT2D eigenvalue weighted by Crippen LogP contribution is 2.43. The Kier molecular flexibility index (Phi) is 43.2. The van der Waals surface area contributed by atoms with E-state index in [0.29, 0.717) is 17.4 Å². The molecule has 1 amide bonds. The number of aliphatic hydroxyl groups is 1. The summed E-state index contributed by atoms with van der Waals surface area (Å²) in [7, 11) is 1.53. The predicted molar refractivity (Wildman–Crippen MR) is 272 cm³/mol. The van der Waals surface area contributed by atoms with E-state index in [9.17, 15) is 19.4 Å². The van der Waals surface area contributed by atoms with Gasteiger partial charge < -0.3 is 19.8 Å². The minimum Gasteiger partial charge on any atom is -0.387 e. The Bertz CT molecular complexity index is 1300. The SMILES string of the molecule is CC/C=C\C/C=C\C/C=C\C/C=C\CCCCCCCCCCC(=O)NC(COP(=O)(O)OCC[N+](C)(C)C)C(O)/C=C/CC/C=C/CC/C=C/CCCCCCCCCCCC. The fourth-order valence-electron chi connectivity index (χ4n) is 6.83. The highest BCUT2D eigenvalue weighted by molar-refractivity contribution is 7.47. The van der Waals surface area contributed by atoms with E-state index < -0.39 is 20.0 Å². The molecule has 0 aliphatic carbocycles. The van der Waals surface area contributed by atoms with Gasteiger partial charge in [0.1, 0.15) is 13.2 Å². The second-order valence-corrected chi connectivity index (χ2v) is 19.6. The van der Waals surface area contributed by atoms with Gasteiger partial charge in [-0.15, -0.1) is 0 Å². The Labute approximate surface area is 388 Å². The monoisotopic (exact) mass is 902 g/mol. The van der Waals surface area contributed by atoms with Crippen LogP contribution in [0.2, 0.25) is 0 Å². The minimum absolute atomic E-state index is 0.0476. The molecule has 0 radical (unpaired) electrons. The normalized spacial score (nSPS) is 14.8. The molecule has 0 aliphatic heterocycles. The second kappa shape index (κ2) is 44.9. The van der Waals surface area contributed by atoms with Crippen molar-refractivity contribution >= 4 is 13.7 Å². The average Bonchev–Trinajstić information content (AvgIpc) is 3.24. The highest BCUT2D eigenvalue weighted by Gasteiger charge is 2.27. The number of aliphatic hydroxyl groups excluding tert-OH is 1. The molecule has 3 atom stereocenters. The number of hydrogen-bond acceptors (Lipinski definition) is 5. The lowest BCUT2D eigenvalue weighted by Crippen LogP contribution is -2.45. The van der Waals surface area contributed by atoms with Crippen molar-refractivity contribution in [1.82, 2.24) is 5.32 Å². The van der Waals surface area contributed by atoms with Crippen LogP contribution in [0.5, 0.6) is 0 Å². The largest absolute Gasteiger partial charge is 0.472 e. The van der Waals surface area contributed by atoms with Crippen LogP contribution < -0.4 is 5.32 Å². The van der Waals surface area contributed by atoms with Crippen molar-refractivity contribution in [2.24, 2.45) is 0 Å². The first-order valence-electron chi connectivity index (χ1n) is 25.5. The Balaban J connectivity index is 4.43. The molecule has 9 heteroatoms. The van der Waals surface area contributed by atoms with Crippen molar-refractivity contribution in [3.63, 3.8) is 0 Å². The van der Waals surface area contributed by atoms with E-state index in [1.807, 2.05) is 27.2 Å². The molecule has 63 heavy (non-hydrogen) atoms. The van der Waals surface area contributed by atoms with E-state index in [-0.39, 0.29) is 19.1 Å². The quantitative estimate of drug-likeness (QED) is 0.0243. The molecule has 0 rings (SSSR count). The van der Waals surface area contributed by atoms with E-state index in [4.69, 9.17) is 9.05 Å². The number of nitrogens with zero attached hydrogens (tertiary/aromatic N) is 1. The van der Waals surface area contributed by atoms with Crippen molar-refractivity contribution in [3.05, 3.63) is 85.1 Å². The van der Waals surface area contributed by atoms with Crippen molar-refractivity contribution in [2.45, 2.75) is 212 Å². The minimum atomic E-state index is -4.36. The molecule has 364 valence electrons. The molecule has 3 unspecified atom stereocenters. The third kappa shape index (κ3) is 47.5. The third-order valence-corrected chi connectivity index (χ3v) is 11.8. The summed E-state index contributed by atoms with van der Waals surface area (Å²) in [5.74, 6) is -0.203. The van der Waals surface area contributed by atoms with Gasteiger partial charge in [0, 0.05) is 6.42 Å². The molecule has 0 fully saturated rings. The molecule has 0 heterocycles. The number of unbranched alkanes of at least 4 members (excludes halogenated alkanes) is 20. The summed E-state index contributed by atoms with van der Waals surface area (Å²) in [6.07, 6.45) is 62.3. The zero-order valence-corrected chi connectivity index (χ0v) is 42.2. The van der Waals surface area contributed by atoms with Crippen LogP contribution in [0.15, 0.2) is 85.1 Å². The summed E-state index contributed by atoms with van der Waals surface area (Å²) in [6.45, 7) is 4.66. The van der Waals surface area contributed by atoms with Gasteiger partial charge in [-0.05, 0) is 83.5 Å². The van der Waals surface area contributed by atoms with Crippen LogP contribution in [0, 0.1) is 0 Å². The molecule has 0 saturated heterocycles. The number of amides is 1. The van der Waals surface area contributed by atoms with Gasteiger partial charge in [0.05, 0.1) is 39.9 Å². The summed E-state index contributed by atoms with van der Waals surface area (Å²) in [5.41, 5.74) is 0. The van der Waals surface area contributed by atoms with Gasteiger partial charge in [0.15, 0.2) is 0 Å². The van der Waals surface area contributed by atoms with Crippen LogP contribution in [0.25, 0.3) is 0 Å². The number of allylic oxidation sites excluding steroid dienone is 13. The number of rotatable bonds is 45. The van der Waals surface area contributed by atoms with Gasteiger partial charge in [-0.2, -0.15) is 0 Å². The van der Waals surface area contributed by atoms with Crippen LogP contribution in [-0.4, -0.2) is 73.4 Å². The van der Waals surface area contributed by atoms with Crippen molar-refractivity contribution in [1.29, 1.82) is 0 Å². The summed E-state index contributed by atoms with van der Waals surface area (Å²) in [6, 6.07) is -0.879. The van der Waals surface area contributed by atoms with Crippen molar-refractivity contribution in [3.8, 4) is 0 Å². The standard InChI is InChI=1S/C54H97N2O6P/c1-6-8-10-12-14-16-18-20-22-24-26-28-30-32-34-36-38-40-42-44-46-48-54(58)55-52(51-62-63(59,60)61-50-49-56(3,4)5)53(57)47-45-43-41-39-37-35-33-31-29-27-25-23-21-19-17-15-13-11-9-7-2/h8,10,14,16,20,22,26,28-29,31,37,39,45,47,52-53,57H,6-7,9,11-13,15,17-19,21,23-25,27,30,32-36,38,40-44,46,48-51H2,1-5H3,(H-,55,58,59,60)/p+1/b10-8-,16-14-,22-20-,28-26-,31-29+,39-37+,47-45+. The first-order valence-corrected chi connectivity index (χ1v) is 27.0.